The van der Waals surface area contributed by atoms with Gasteiger partial charge in [0.25, 0.3) is 5.91 Å². The number of alkyl halides is 3. The van der Waals surface area contributed by atoms with Crippen molar-refractivity contribution in [3.63, 3.8) is 0 Å². The highest BCUT2D eigenvalue weighted by Crippen LogP contribution is 2.42. The number of nitrogens with zero attached hydrogens (tertiary/aromatic N) is 6. The van der Waals surface area contributed by atoms with Crippen molar-refractivity contribution in [1.29, 1.82) is 0 Å². The van der Waals surface area contributed by atoms with Crippen molar-refractivity contribution in [3.8, 4) is 11.6 Å². The first kappa shape index (κ1) is 24.2. The number of aryl methyl sites for hydroxylation is 1. The Kier molecular flexibility index (Phi) is 6.37. The van der Waals surface area contributed by atoms with E-state index < -0.39 is 17.8 Å². The number of aromatic nitrogens is 5. The van der Waals surface area contributed by atoms with E-state index in [0.29, 0.717) is 30.8 Å². The molecule has 1 saturated carbocycles. The summed E-state index contributed by atoms with van der Waals surface area (Å²) in [5.74, 6) is -0.114. The molecule has 0 N–H and O–H groups in total. The number of halogens is 3. The van der Waals surface area contributed by atoms with Crippen LogP contribution in [-0.4, -0.2) is 67.7 Å². The summed E-state index contributed by atoms with van der Waals surface area (Å²) in [6.45, 7) is 2.15. The van der Waals surface area contributed by atoms with E-state index in [9.17, 15) is 18.0 Å². The van der Waals surface area contributed by atoms with Crippen LogP contribution >= 0.6 is 0 Å². The van der Waals surface area contributed by atoms with E-state index in [4.69, 9.17) is 9.47 Å². The maximum atomic E-state index is 14.0. The molecule has 4 atom stereocenters. The van der Waals surface area contributed by atoms with Crippen molar-refractivity contribution in [2.45, 2.75) is 50.6 Å². The zero-order chi connectivity index (χ0) is 25.4. The lowest BCUT2D eigenvalue weighted by Gasteiger charge is -2.54. The number of piperidine rings is 2. The Morgan fingerprint density at radius 2 is 1.92 bits per heavy atom. The molecule has 3 aromatic rings. The molecular weight excluding hydrogens is 477 g/mol. The van der Waals surface area contributed by atoms with Crippen LogP contribution in [0.2, 0.25) is 0 Å². The van der Waals surface area contributed by atoms with Crippen LogP contribution in [0, 0.1) is 12.8 Å². The maximum absolute atomic E-state index is 14.0. The maximum Gasteiger partial charge on any atom is 0.417 e. The van der Waals surface area contributed by atoms with Crippen molar-refractivity contribution in [3.05, 3.63) is 59.8 Å². The van der Waals surface area contributed by atoms with Crippen LogP contribution in [0.1, 0.15) is 41.0 Å². The summed E-state index contributed by atoms with van der Waals surface area (Å²) < 4.78 is 50.3. The number of hydrogen-bond donors (Lipinski definition) is 0. The summed E-state index contributed by atoms with van der Waals surface area (Å²) in [7, 11) is 1.59. The van der Waals surface area contributed by atoms with Crippen LogP contribution in [-0.2, 0) is 10.9 Å². The first-order valence-corrected chi connectivity index (χ1v) is 11.6. The number of amides is 1. The van der Waals surface area contributed by atoms with E-state index in [1.165, 1.54) is 23.3 Å². The predicted octanol–water partition coefficient (Wildman–Crippen LogP) is 3.47. The Morgan fingerprint density at radius 3 is 2.58 bits per heavy atom. The number of pyridine rings is 2. The zero-order valence-electron chi connectivity index (χ0n) is 19.7. The molecule has 5 heterocycles. The fraction of sp³-hybridized carbons (Fsp3) is 0.458. The Morgan fingerprint density at radius 1 is 1.14 bits per heavy atom. The van der Waals surface area contributed by atoms with Gasteiger partial charge in [0.1, 0.15) is 11.8 Å². The Bertz CT molecular complexity index is 1220. The standard InChI is InChI=1S/C24H25F3N6O3/c1-14-3-6-18(33-29-9-10-30-33)22(31-14)23(34)32-17-7-4-15(19(32)13-35-2)11-20(17)36-21-8-5-16(12-28-21)24(25,26)27/h3,5-6,8-10,12,15,17,19-20H,4,7,11,13H2,1-2H3. The third kappa shape index (κ3) is 4.52. The summed E-state index contributed by atoms with van der Waals surface area (Å²) in [4.78, 5) is 25.6. The van der Waals surface area contributed by atoms with Crippen molar-refractivity contribution in [1.82, 2.24) is 29.9 Å². The molecule has 6 rings (SSSR count). The molecule has 2 aliphatic heterocycles. The Balaban J connectivity index is 1.46. The minimum Gasteiger partial charge on any atom is -0.472 e. The molecule has 4 unspecified atom stereocenters. The molecule has 2 saturated heterocycles. The van der Waals surface area contributed by atoms with Gasteiger partial charge in [-0.3, -0.25) is 4.79 Å². The lowest BCUT2D eigenvalue weighted by Crippen LogP contribution is -2.65. The monoisotopic (exact) mass is 502 g/mol. The van der Waals surface area contributed by atoms with Gasteiger partial charge in [-0.1, -0.05) is 0 Å². The first-order chi connectivity index (χ1) is 17.3. The summed E-state index contributed by atoms with van der Waals surface area (Å²) >= 11 is 0. The molecular formula is C24H25F3N6O3. The van der Waals surface area contributed by atoms with Gasteiger partial charge in [-0.2, -0.15) is 23.4 Å². The van der Waals surface area contributed by atoms with E-state index in [-0.39, 0.29) is 35.5 Å². The zero-order valence-corrected chi connectivity index (χ0v) is 19.7. The molecule has 9 nitrogen and oxygen atoms in total. The van der Waals surface area contributed by atoms with Crippen LogP contribution in [0.4, 0.5) is 13.2 Å². The SMILES string of the molecule is COCC1C2CCC(C(Oc3ccc(C(F)(F)F)cn3)C2)N1C(=O)c1nc(C)ccc1-n1nccn1. The number of fused-ring (bicyclic) bond motifs is 3. The number of hydrogen-bond acceptors (Lipinski definition) is 7. The summed E-state index contributed by atoms with van der Waals surface area (Å²) in [6.07, 6.45) is 1.10. The molecule has 190 valence electrons. The van der Waals surface area contributed by atoms with Crippen molar-refractivity contribution in [2.24, 2.45) is 5.92 Å². The second-order valence-corrected chi connectivity index (χ2v) is 9.05. The Hall–Kier alpha value is -3.54. The van der Waals surface area contributed by atoms with Gasteiger partial charge >= 0.3 is 6.18 Å². The molecule has 3 aromatic heterocycles. The normalized spacial score (nSPS) is 23.6. The Labute approximate surface area is 205 Å². The van der Waals surface area contributed by atoms with Gasteiger partial charge in [0.15, 0.2) is 5.69 Å². The van der Waals surface area contributed by atoms with Crippen LogP contribution in [0.5, 0.6) is 5.88 Å². The molecule has 1 amide bonds. The first-order valence-electron chi connectivity index (χ1n) is 11.6. The minimum atomic E-state index is -4.48. The average Bonchev–Trinajstić information content (AvgIpc) is 3.39. The van der Waals surface area contributed by atoms with Crippen LogP contribution in [0.15, 0.2) is 42.9 Å². The predicted molar refractivity (Wildman–Crippen MR) is 121 cm³/mol. The second kappa shape index (κ2) is 9.49. The van der Waals surface area contributed by atoms with E-state index in [1.54, 1.807) is 31.1 Å². The van der Waals surface area contributed by atoms with Crippen LogP contribution in [0.25, 0.3) is 5.69 Å². The molecule has 0 aromatic carbocycles. The highest BCUT2D eigenvalue weighted by atomic mass is 19.4. The summed E-state index contributed by atoms with van der Waals surface area (Å²) in [6, 6.07) is 5.18. The molecule has 12 heteroatoms. The van der Waals surface area contributed by atoms with E-state index in [0.717, 1.165) is 18.7 Å². The number of carbonyl (C=O) groups excluding carboxylic acids is 1. The fourth-order valence-corrected chi connectivity index (χ4v) is 5.20. The fourth-order valence-electron chi connectivity index (χ4n) is 5.20. The smallest absolute Gasteiger partial charge is 0.417 e. The summed E-state index contributed by atoms with van der Waals surface area (Å²) in [5, 5.41) is 8.32. The van der Waals surface area contributed by atoms with Gasteiger partial charge in [0, 0.05) is 25.1 Å². The molecule has 0 radical (unpaired) electrons. The lowest BCUT2D eigenvalue weighted by molar-refractivity contribution is -0.137. The number of rotatable bonds is 6. The molecule has 36 heavy (non-hydrogen) atoms. The van der Waals surface area contributed by atoms with Crippen LogP contribution < -0.4 is 4.74 Å². The van der Waals surface area contributed by atoms with Gasteiger partial charge < -0.3 is 14.4 Å². The molecule has 3 aliphatic rings. The van der Waals surface area contributed by atoms with Gasteiger partial charge in [-0.25, -0.2) is 9.97 Å². The highest BCUT2D eigenvalue weighted by Gasteiger charge is 2.51. The second-order valence-electron chi connectivity index (χ2n) is 9.05. The number of ether oxygens (including phenoxy) is 2. The molecule has 3 fully saturated rings. The van der Waals surface area contributed by atoms with Crippen LogP contribution in [0.3, 0.4) is 0 Å². The molecule has 0 spiro atoms. The quantitative estimate of drug-likeness (QED) is 0.509. The topological polar surface area (TPSA) is 95.3 Å². The number of carbonyl (C=O) groups is 1. The summed E-state index contributed by atoms with van der Waals surface area (Å²) in [5.41, 5.74) is 0.491. The van der Waals surface area contributed by atoms with Gasteiger partial charge in [0.05, 0.1) is 36.6 Å². The average molecular weight is 502 g/mol. The number of methoxy groups -OCH3 is 1. The third-order valence-electron chi connectivity index (χ3n) is 6.81. The molecule has 1 aliphatic carbocycles. The third-order valence-corrected chi connectivity index (χ3v) is 6.81. The van der Waals surface area contributed by atoms with E-state index in [2.05, 4.69) is 20.2 Å². The van der Waals surface area contributed by atoms with Crippen molar-refractivity contribution in [2.75, 3.05) is 13.7 Å². The van der Waals surface area contributed by atoms with Gasteiger partial charge in [-0.05, 0) is 50.3 Å². The lowest BCUT2D eigenvalue weighted by atomic mass is 9.72. The minimum absolute atomic E-state index is 0.0892. The van der Waals surface area contributed by atoms with Crippen molar-refractivity contribution < 1.29 is 27.4 Å². The van der Waals surface area contributed by atoms with Crippen molar-refractivity contribution >= 4 is 5.91 Å². The molecule has 2 bridgehead atoms. The largest absolute Gasteiger partial charge is 0.472 e. The highest BCUT2D eigenvalue weighted by molar-refractivity contribution is 5.96. The van der Waals surface area contributed by atoms with E-state index >= 15 is 0 Å². The van der Waals surface area contributed by atoms with Gasteiger partial charge in [-0.15, -0.1) is 4.80 Å². The van der Waals surface area contributed by atoms with E-state index in [1.807, 2.05) is 0 Å². The van der Waals surface area contributed by atoms with Gasteiger partial charge in [0.2, 0.25) is 5.88 Å².